The lowest BCUT2D eigenvalue weighted by molar-refractivity contribution is 0.102. The van der Waals surface area contributed by atoms with Gasteiger partial charge in [-0.25, -0.2) is 4.68 Å². The van der Waals surface area contributed by atoms with Crippen LogP contribution in [-0.4, -0.2) is 31.6 Å². The summed E-state index contributed by atoms with van der Waals surface area (Å²) in [6.07, 6.45) is 3.39. The third-order valence-electron chi connectivity index (χ3n) is 4.05. The van der Waals surface area contributed by atoms with Crippen molar-refractivity contribution in [1.29, 1.82) is 0 Å². The number of rotatable bonds is 7. The molecule has 7 nitrogen and oxygen atoms in total. The average molecular weight is 439 g/mol. The van der Waals surface area contributed by atoms with E-state index in [9.17, 15) is 13.6 Å². The Morgan fingerprint density at radius 3 is 2.48 bits per heavy atom. The van der Waals surface area contributed by atoms with E-state index in [2.05, 4.69) is 20.6 Å². The van der Waals surface area contributed by atoms with E-state index in [1.807, 2.05) is 0 Å². The number of amides is 1. The molecule has 2 aromatic heterocycles. The van der Waals surface area contributed by atoms with Gasteiger partial charge in [0.1, 0.15) is 5.75 Å². The number of hydrogen-bond donors (Lipinski definition) is 1. The Hall–Kier alpha value is -3.79. The standard InChI is InChI=1S/C21H15F2N5O2S/c22-21(23)31-17-5-2-1-4-16(17)20(29)25-14-6-8-15(9-7-14)30-19-11-10-18(26-27-19)28-13-3-12-24-28/h1-13,21H,(H,25,29). The van der Waals surface area contributed by atoms with Gasteiger partial charge in [0.05, 0.1) is 5.56 Å². The molecule has 31 heavy (non-hydrogen) atoms. The molecule has 0 saturated carbocycles. The minimum absolute atomic E-state index is 0.181. The van der Waals surface area contributed by atoms with Crippen LogP contribution in [0.3, 0.4) is 0 Å². The molecule has 0 radical (unpaired) electrons. The lowest BCUT2D eigenvalue weighted by Crippen LogP contribution is -2.13. The highest BCUT2D eigenvalue weighted by atomic mass is 32.2. The fourth-order valence-electron chi connectivity index (χ4n) is 2.67. The lowest BCUT2D eigenvalue weighted by Gasteiger charge is -2.10. The Bertz CT molecular complexity index is 1150. The maximum absolute atomic E-state index is 12.7. The van der Waals surface area contributed by atoms with Crippen molar-refractivity contribution in [2.45, 2.75) is 10.7 Å². The van der Waals surface area contributed by atoms with Crippen molar-refractivity contribution in [1.82, 2.24) is 20.0 Å². The first-order valence-corrected chi connectivity index (χ1v) is 9.93. The van der Waals surface area contributed by atoms with Crippen LogP contribution < -0.4 is 10.1 Å². The van der Waals surface area contributed by atoms with Gasteiger partial charge in [-0.1, -0.05) is 23.9 Å². The molecule has 10 heteroatoms. The van der Waals surface area contributed by atoms with E-state index in [0.717, 1.165) is 0 Å². The zero-order valence-electron chi connectivity index (χ0n) is 15.9. The van der Waals surface area contributed by atoms with Gasteiger partial charge in [0.15, 0.2) is 5.82 Å². The molecule has 0 atom stereocenters. The van der Waals surface area contributed by atoms with Crippen LogP contribution in [0.1, 0.15) is 10.4 Å². The van der Waals surface area contributed by atoms with E-state index < -0.39 is 11.7 Å². The Labute approximate surface area is 180 Å². The fourth-order valence-corrected chi connectivity index (χ4v) is 3.31. The van der Waals surface area contributed by atoms with Gasteiger partial charge in [-0.15, -0.1) is 10.2 Å². The molecule has 1 N–H and O–H groups in total. The lowest BCUT2D eigenvalue weighted by atomic mass is 10.2. The van der Waals surface area contributed by atoms with E-state index in [0.29, 0.717) is 34.9 Å². The second-order valence-electron chi connectivity index (χ2n) is 6.14. The van der Waals surface area contributed by atoms with Crippen LogP contribution in [0.15, 0.2) is 84.0 Å². The van der Waals surface area contributed by atoms with Crippen molar-refractivity contribution < 1.29 is 18.3 Å². The third-order valence-corrected chi connectivity index (χ3v) is 4.84. The number of hydrogen-bond acceptors (Lipinski definition) is 6. The second kappa shape index (κ2) is 9.35. The normalized spacial score (nSPS) is 10.8. The molecule has 4 rings (SSSR count). The topological polar surface area (TPSA) is 81.9 Å². The van der Waals surface area contributed by atoms with E-state index in [1.165, 1.54) is 12.1 Å². The number of thioether (sulfide) groups is 1. The van der Waals surface area contributed by atoms with Crippen molar-refractivity contribution in [3.05, 3.63) is 84.7 Å². The molecule has 2 aromatic carbocycles. The molecule has 0 spiro atoms. The summed E-state index contributed by atoms with van der Waals surface area (Å²) in [6, 6.07) is 18.0. The number of carbonyl (C=O) groups is 1. The molecule has 0 bridgehead atoms. The van der Waals surface area contributed by atoms with E-state index in [-0.39, 0.29) is 10.5 Å². The average Bonchev–Trinajstić information content (AvgIpc) is 3.30. The van der Waals surface area contributed by atoms with Crippen molar-refractivity contribution in [3.8, 4) is 17.4 Å². The SMILES string of the molecule is O=C(Nc1ccc(Oc2ccc(-n3cccn3)nn2)cc1)c1ccccc1SC(F)F. The predicted octanol–water partition coefficient (Wildman–Crippen LogP) is 5.02. The number of carbonyl (C=O) groups excluding carboxylic acids is 1. The Morgan fingerprint density at radius 2 is 1.81 bits per heavy atom. The van der Waals surface area contributed by atoms with E-state index in [4.69, 9.17) is 4.74 Å². The van der Waals surface area contributed by atoms with Crippen LogP contribution in [0, 0.1) is 0 Å². The molecular weight excluding hydrogens is 424 g/mol. The van der Waals surface area contributed by atoms with Gasteiger partial charge in [-0.2, -0.15) is 13.9 Å². The number of nitrogens with one attached hydrogen (secondary N) is 1. The zero-order valence-corrected chi connectivity index (χ0v) is 16.7. The highest BCUT2D eigenvalue weighted by molar-refractivity contribution is 7.99. The fraction of sp³-hybridized carbons (Fsp3) is 0.0476. The molecule has 4 aromatic rings. The number of anilines is 1. The smallest absolute Gasteiger partial charge is 0.288 e. The summed E-state index contributed by atoms with van der Waals surface area (Å²) in [6.45, 7) is 0. The molecule has 1 amide bonds. The molecule has 0 saturated heterocycles. The maximum atomic E-state index is 12.7. The number of benzene rings is 2. The van der Waals surface area contributed by atoms with Gasteiger partial charge in [0.25, 0.3) is 11.7 Å². The van der Waals surface area contributed by atoms with Crippen molar-refractivity contribution in [2.75, 3.05) is 5.32 Å². The van der Waals surface area contributed by atoms with Crippen LogP contribution in [0.25, 0.3) is 5.82 Å². The largest absolute Gasteiger partial charge is 0.438 e. The van der Waals surface area contributed by atoms with Crippen molar-refractivity contribution >= 4 is 23.4 Å². The first-order valence-electron chi connectivity index (χ1n) is 9.05. The van der Waals surface area contributed by atoms with Crippen molar-refractivity contribution in [2.24, 2.45) is 0 Å². The predicted molar refractivity (Wildman–Crippen MR) is 112 cm³/mol. The molecule has 2 heterocycles. The molecule has 156 valence electrons. The van der Waals surface area contributed by atoms with E-state index in [1.54, 1.807) is 71.7 Å². The summed E-state index contributed by atoms with van der Waals surface area (Å²) in [7, 11) is 0. The number of aromatic nitrogens is 4. The first kappa shape index (κ1) is 20.5. The summed E-state index contributed by atoms with van der Waals surface area (Å²) in [5.41, 5.74) is 0.676. The van der Waals surface area contributed by atoms with Gasteiger partial charge in [0, 0.05) is 29.0 Å². The van der Waals surface area contributed by atoms with Crippen LogP contribution in [-0.2, 0) is 0 Å². The Morgan fingerprint density at radius 1 is 1.00 bits per heavy atom. The summed E-state index contributed by atoms with van der Waals surface area (Å²) in [5, 5.41) is 14.8. The van der Waals surface area contributed by atoms with Crippen LogP contribution in [0.5, 0.6) is 11.6 Å². The Balaban J connectivity index is 1.40. The molecule has 0 unspecified atom stereocenters. The third kappa shape index (κ3) is 5.23. The summed E-state index contributed by atoms with van der Waals surface area (Å²) in [4.78, 5) is 12.7. The van der Waals surface area contributed by atoms with Gasteiger partial charge in [-0.3, -0.25) is 4.79 Å². The minimum Gasteiger partial charge on any atom is -0.438 e. The number of nitrogens with zero attached hydrogens (tertiary/aromatic N) is 4. The minimum atomic E-state index is -2.61. The number of halogens is 2. The molecule has 0 aliphatic heterocycles. The van der Waals surface area contributed by atoms with Crippen LogP contribution in [0.2, 0.25) is 0 Å². The summed E-state index contributed by atoms with van der Waals surface area (Å²) >= 11 is 0.335. The van der Waals surface area contributed by atoms with Crippen molar-refractivity contribution in [3.63, 3.8) is 0 Å². The zero-order chi connectivity index (χ0) is 21.6. The maximum Gasteiger partial charge on any atom is 0.288 e. The highest BCUT2D eigenvalue weighted by Crippen LogP contribution is 2.29. The van der Waals surface area contributed by atoms with Gasteiger partial charge < -0.3 is 10.1 Å². The second-order valence-corrected chi connectivity index (χ2v) is 7.17. The van der Waals surface area contributed by atoms with Crippen LogP contribution in [0.4, 0.5) is 14.5 Å². The quantitative estimate of drug-likeness (QED) is 0.407. The van der Waals surface area contributed by atoms with Gasteiger partial charge in [0.2, 0.25) is 5.88 Å². The summed E-state index contributed by atoms with van der Waals surface area (Å²) < 4.78 is 32.7. The molecule has 0 aliphatic carbocycles. The van der Waals surface area contributed by atoms with E-state index >= 15 is 0 Å². The number of ether oxygens (including phenoxy) is 1. The first-order chi connectivity index (χ1) is 15.1. The molecular formula is C21H15F2N5O2S. The monoisotopic (exact) mass is 439 g/mol. The highest BCUT2D eigenvalue weighted by Gasteiger charge is 2.15. The molecule has 0 fully saturated rings. The van der Waals surface area contributed by atoms with Gasteiger partial charge in [-0.05, 0) is 48.5 Å². The molecule has 0 aliphatic rings. The van der Waals surface area contributed by atoms with Gasteiger partial charge >= 0.3 is 0 Å². The van der Waals surface area contributed by atoms with Crippen LogP contribution >= 0.6 is 11.8 Å². The number of alkyl halides is 2. The Kier molecular flexibility index (Phi) is 6.18. The summed E-state index contributed by atoms with van der Waals surface area (Å²) in [5.74, 6) is -1.74.